The summed E-state index contributed by atoms with van der Waals surface area (Å²) in [6.07, 6.45) is 2.14. The quantitative estimate of drug-likeness (QED) is 0.901. The highest BCUT2D eigenvalue weighted by atomic mass is 16.2. The first kappa shape index (κ1) is 18.2. The zero-order chi connectivity index (χ0) is 18.4. The second-order valence-electron chi connectivity index (χ2n) is 6.95. The summed E-state index contributed by atoms with van der Waals surface area (Å²) in [5, 5.41) is 3.14. The SMILES string of the molecule is CC(=O)N1CCC(C(=O)NCCc2ccccc2)(c2ccccc2)CC1. The van der Waals surface area contributed by atoms with Gasteiger partial charge in [0.25, 0.3) is 0 Å². The van der Waals surface area contributed by atoms with Gasteiger partial charge in [-0.15, -0.1) is 0 Å². The van der Waals surface area contributed by atoms with Crippen molar-refractivity contribution in [1.29, 1.82) is 0 Å². The zero-order valence-electron chi connectivity index (χ0n) is 15.3. The number of amides is 2. The molecule has 1 fully saturated rings. The van der Waals surface area contributed by atoms with E-state index in [9.17, 15) is 9.59 Å². The van der Waals surface area contributed by atoms with Crippen molar-refractivity contribution in [3.8, 4) is 0 Å². The van der Waals surface area contributed by atoms with Crippen molar-refractivity contribution in [3.63, 3.8) is 0 Å². The Hall–Kier alpha value is -2.62. The Morgan fingerprint density at radius 1 is 0.962 bits per heavy atom. The number of rotatable bonds is 5. The van der Waals surface area contributed by atoms with E-state index >= 15 is 0 Å². The third-order valence-electron chi connectivity index (χ3n) is 5.37. The predicted octanol–water partition coefficient (Wildman–Crippen LogP) is 2.93. The lowest BCUT2D eigenvalue weighted by Crippen LogP contribution is -2.52. The number of hydrogen-bond acceptors (Lipinski definition) is 2. The molecule has 4 nitrogen and oxygen atoms in total. The number of nitrogens with one attached hydrogen (secondary N) is 1. The lowest BCUT2D eigenvalue weighted by molar-refractivity contribution is -0.135. The van der Waals surface area contributed by atoms with Crippen LogP contribution in [0.5, 0.6) is 0 Å². The number of benzene rings is 2. The minimum Gasteiger partial charge on any atom is -0.355 e. The molecular weight excluding hydrogens is 324 g/mol. The topological polar surface area (TPSA) is 49.4 Å². The van der Waals surface area contributed by atoms with E-state index in [0.717, 1.165) is 12.0 Å². The van der Waals surface area contributed by atoms with E-state index < -0.39 is 5.41 Å². The van der Waals surface area contributed by atoms with Crippen LogP contribution in [0.4, 0.5) is 0 Å². The van der Waals surface area contributed by atoms with Crippen molar-refractivity contribution < 1.29 is 9.59 Å². The minimum absolute atomic E-state index is 0.0721. The Bertz CT molecular complexity index is 735. The average molecular weight is 350 g/mol. The Kier molecular flexibility index (Phi) is 5.71. The number of likely N-dealkylation sites (tertiary alicyclic amines) is 1. The summed E-state index contributed by atoms with van der Waals surface area (Å²) in [5.74, 6) is 0.152. The Morgan fingerprint density at radius 3 is 2.12 bits per heavy atom. The number of hydrogen-bond donors (Lipinski definition) is 1. The normalized spacial score (nSPS) is 16.1. The molecule has 26 heavy (non-hydrogen) atoms. The molecule has 0 bridgehead atoms. The first-order chi connectivity index (χ1) is 12.6. The van der Waals surface area contributed by atoms with E-state index in [1.807, 2.05) is 53.4 Å². The van der Waals surface area contributed by atoms with Crippen molar-refractivity contribution in [2.75, 3.05) is 19.6 Å². The smallest absolute Gasteiger partial charge is 0.230 e. The van der Waals surface area contributed by atoms with Gasteiger partial charge < -0.3 is 10.2 Å². The van der Waals surface area contributed by atoms with Crippen LogP contribution >= 0.6 is 0 Å². The van der Waals surface area contributed by atoms with E-state index in [4.69, 9.17) is 0 Å². The fourth-order valence-corrected chi connectivity index (χ4v) is 3.74. The van der Waals surface area contributed by atoms with Crippen LogP contribution in [0, 0.1) is 0 Å². The first-order valence-corrected chi connectivity index (χ1v) is 9.25. The summed E-state index contributed by atoms with van der Waals surface area (Å²) >= 11 is 0. The molecule has 1 aliphatic rings. The molecule has 0 saturated carbocycles. The zero-order valence-corrected chi connectivity index (χ0v) is 15.3. The van der Waals surface area contributed by atoms with Crippen LogP contribution in [0.1, 0.15) is 30.9 Å². The van der Waals surface area contributed by atoms with Crippen LogP contribution in [-0.2, 0) is 21.4 Å². The molecule has 1 aliphatic heterocycles. The van der Waals surface area contributed by atoms with Gasteiger partial charge in [0.05, 0.1) is 5.41 Å². The van der Waals surface area contributed by atoms with E-state index in [0.29, 0.717) is 32.5 Å². The van der Waals surface area contributed by atoms with Gasteiger partial charge in [-0.2, -0.15) is 0 Å². The lowest BCUT2D eigenvalue weighted by atomic mass is 9.72. The van der Waals surface area contributed by atoms with Gasteiger partial charge in [0.15, 0.2) is 0 Å². The molecule has 0 atom stereocenters. The van der Waals surface area contributed by atoms with Gasteiger partial charge >= 0.3 is 0 Å². The van der Waals surface area contributed by atoms with Gasteiger partial charge in [0.2, 0.25) is 11.8 Å². The number of piperidine rings is 1. The van der Waals surface area contributed by atoms with E-state index in [1.165, 1.54) is 5.56 Å². The highest BCUT2D eigenvalue weighted by molar-refractivity contribution is 5.88. The third-order valence-corrected chi connectivity index (χ3v) is 5.37. The van der Waals surface area contributed by atoms with Crippen molar-refractivity contribution in [2.45, 2.75) is 31.6 Å². The van der Waals surface area contributed by atoms with Crippen LogP contribution in [0.15, 0.2) is 60.7 Å². The van der Waals surface area contributed by atoms with Crippen molar-refractivity contribution >= 4 is 11.8 Å². The molecule has 0 aromatic heterocycles. The van der Waals surface area contributed by atoms with Gasteiger partial charge in [0, 0.05) is 26.6 Å². The highest BCUT2D eigenvalue weighted by Crippen LogP contribution is 2.36. The molecule has 1 N–H and O–H groups in total. The van der Waals surface area contributed by atoms with Gasteiger partial charge in [-0.3, -0.25) is 9.59 Å². The number of carbonyl (C=O) groups is 2. The molecule has 1 saturated heterocycles. The average Bonchev–Trinajstić information content (AvgIpc) is 2.69. The molecule has 2 aromatic rings. The molecule has 2 aromatic carbocycles. The summed E-state index contributed by atoms with van der Waals surface area (Å²) in [6.45, 7) is 3.45. The molecular formula is C22H26N2O2. The van der Waals surface area contributed by atoms with Crippen molar-refractivity contribution in [1.82, 2.24) is 10.2 Å². The minimum atomic E-state index is -0.552. The van der Waals surface area contributed by atoms with Crippen LogP contribution in [-0.4, -0.2) is 36.3 Å². The van der Waals surface area contributed by atoms with Crippen LogP contribution in [0.2, 0.25) is 0 Å². The molecule has 2 amide bonds. The molecule has 0 unspecified atom stereocenters. The van der Waals surface area contributed by atoms with Crippen LogP contribution in [0.25, 0.3) is 0 Å². The van der Waals surface area contributed by atoms with Gasteiger partial charge in [-0.1, -0.05) is 60.7 Å². The molecule has 0 radical (unpaired) electrons. The lowest BCUT2D eigenvalue weighted by Gasteiger charge is -2.40. The second-order valence-corrected chi connectivity index (χ2v) is 6.95. The molecule has 1 heterocycles. The fraction of sp³-hybridized carbons (Fsp3) is 0.364. The van der Waals surface area contributed by atoms with Gasteiger partial charge in [-0.05, 0) is 30.4 Å². The highest BCUT2D eigenvalue weighted by Gasteiger charge is 2.43. The molecule has 4 heteroatoms. The summed E-state index contributed by atoms with van der Waals surface area (Å²) in [6, 6.07) is 20.2. The maximum absolute atomic E-state index is 13.2. The summed E-state index contributed by atoms with van der Waals surface area (Å²) in [5.41, 5.74) is 1.71. The number of nitrogens with zero attached hydrogens (tertiary/aromatic N) is 1. The van der Waals surface area contributed by atoms with Gasteiger partial charge in [-0.25, -0.2) is 0 Å². The van der Waals surface area contributed by atoms with Crippen LogP contribution < -0.4 is 5.32 Å². The summed E-state index contributed by atoms with van der Waals surface area (Å²) in [7, 11) is 0. The molecule has 0 aliphatic carbocycles. The van der Waals surface area contributed by atoms with E-state index in [2.05, 4.69) is 17.4 Å². The molecule has 3 rings (SSSR count). The monoisotopic (exact) mass is 350 g/mol. The standard InChI is InChI=1S/C22H26N2O2/c1-18(25)24-16-13-22(14-17-24,20-10-6-3-7-11-20)21(26)23-15-12-19-8-4-2-5-9-19/h2-11H,12-17H2,1H3,(H,23,26). The van der Waals surface area contributed by atoms with E-state index in [1.54, 1.807) is 6.92 Å². The summed E-state index contributed by atoms with van der Waals surface area (Å²) in [4.78, 5) is 26.7. The first-order valence-electron chi connectivity index (χ1n) is 9.25. The largest absolute Gasteiger partial charge is 0.355 e. The fourth-order valence-electron chi connectivity index (χ4n) is 3.74. The van der Waals surface area contributed by atoms with Gasteiger partial charge in [0.1, 0.15) is 0 Å². The molecule has 136 valence electrons. The Morgan fingerprint density at radius 2 is 1.54 bits per heavy atom. The maximum atomic E-state index is 13.2. The number of carbonyl (C=O) groups excluding carboxylic acids is 2. The third kappa shape index (κ3) is 3.96. The summed E-state index contributed by atoms with van der Waals surface area (Å²) < 4.78 is 0. The second kappa shape index (κ2) is 8.17. The van der Waals surface area contributed by atoms with Crippen molar-refractivity contribution in [2.24, 2.45) is 0 Å². The predicted molar refractivity (Wildman–Crippen MR) is 103 cm³/mol. The van der Waals surface area contributed by atoms with Crippen LogP contribution in [0.3, 0.4) is 0 Å². The Balaban J connectivity index is 1.71. The molecule has 0 spiro atoms. The maximum Gasteiger partial charge on any atom is 0.230 e. The van der Waals surface area contributed by atoms with Crippen molar-refractivity contribution in [3.05, 3.63) is 71.8 Å². The Labute approximate surface area is 155 Å². The van der Waals surface area contributed by atoms with E-state index in [-0.39, 0.29) is 11.8 Å².